The molecular formula is C20H18ClN5O3. The molecule has 0 aliphatic carbocycles. The highest BCUT2D eigenvalue weighted by Crippen LogP contribution is 2.24. The molecule has 1 atom stereocenters. The molecule has 29 heavy (non-hydrogen) atoms. The molecular weight excluding hydrogens is 394 g/mol. The van der Waals surface area contributed by atoms with Crippen LogP contribution in [-0.2, 0) is 16.2 Å². The van der Waals surface area contributed by atoms with Gasteiger partial charge >= 0.3 is 0 Å². The van der Waals surface area contributed by atoms with Crippen molar-refractivity contribution in [3.05, 3.63) is 71.0 Å². The SMILES string of the molecule is COc1ccccc1C1=NOC(C(=O)Nc2ncn(Cc3ccc(Cl)cc3)n2)C1. The molecule has 1 N–H and O–H groups in total. The largest absolute Gasteiger partial charge is 0.496 e. The van der Waals surface area contributed by atoms with Gasteiger partial charge in [-0.3, -0.25) is 10.1 Å². The summed E-state index contributed by atoms with van der Waals surface area (Å²) in [6.07, 6.45) is 1.13. The van der Waals surface area contributed by atoms with Crippen LogP contribution in [0.4, 0.5) is 5.95 Å². The first-order valence-corrected chi connectivity index (χ1v) is 9.31. The van der Waals surface area contributed by atoms with E-state index in [4.69, 9.17) is 21.2 Å². The lowest BCUT2D eigenvalue weighted by atomic mass is 10.0. The lowest BCUT2D eigenvalue weighted by Gasteiger charge is -2.08. The van der Waals surface area contributed by atoms with Gasteiger partial charge in [-0.25, -0.2) is 9.67 Å². The van der Waals surface area contributed by atoms with Gasteiger partial charge in [0, 0.05) is 17.0 Å². The number of benzene rings is 2. The maximum atomic E-state index is 12.5. The molecule has 0 saturated heterocycles. The summed E-state index contributed by atoms with van der Waals surface area (Å²) in [7, 11) is 1.59. The number of nitrogens with one attached hydrogen (secondary N) is 1. The number of carbonyl (C=O) groups is 1. The van der Waals surface area contributed by atoms with Gasteiger partial charge in [0.05, 0.1) is 19.4 Å². The Kier molecular flexibility index (Phi) is 5.44. The summed E-state index contributed by atoms with van der Waals surface area (Å²) in [4.78, 5) is 21.9. The fourth-order valence-corrected chi connectivity index (χ4v) is 3.08. The van der Waals surface area contributed by atoms with E-state index in [0.717, 1.165) is 11.1 Å². The van der Waals surface area contributed by atoms with Crippen molar-refractivity contribution in [2.75, 3.05) is 12.4 Å². The van der Waals surface area contributed by atoms with Crippen LogP contribution in [0.1, 0.15) is 17.5 Å². The summed E-state index contributed by atoms with van der Waals surface area (Å²) in [5.74, 6) is 0.528. The fraction of sp³-hybridized carbons (Fsp3) is 0.200. The Morgan fingerprint density at radius 3 is 2.86 bits per heavy atom. The summed E-state index contributed by atoms with van der Waals surface area (Å²) in [5, 5.41) is 11.7. The van der Waals surface area contributed by atoms with Gasteiger partial charge in [0.25, 0.3) is 5.91 Å². The molecule has 0 fully saturated rings. The quantitative estimate of drug-likeness (QED) is 0.673. The van der Waals surface area contributed by atoms with E-state index < -0.39 is 6.10 Å². The molecule has 0 bridgehead atoms. The zero-order valence-electron chi connectivity index (χ0n) is 15.6. The third-order valence-corrected chi connectivity index (χ3v) is 4.66. The summed E-state index contributed by atoms with van der Waals surface area (Å²) >= 11 is 5.89. The molecule has 0 radical (unpaired) electrons. The second-order valence-electron chi connectivity index (χ2n) is 6.42. The van der Waals surface area contributed by atoms with Gasteiger partial charge in [-0.2, -0.15) is 0 Å². The summed E-state index contributed by atoms with van der Waals surface area (Å²) in [6, 6.07) is 14.9. The van der Waals surface area contributed by atoms with Crippen molar-refractivity contribution in [2.24, 2.45) is 5.16 Å². The number of carbonyl (C=O) groups excluding carboxylic acids is 1. The average Bonchev–Trinajstić information content (AvgIpc) is 3.39. The van der Waals surface area contributed by atoms with Crippen LogP contribution < -0.4 is 10.1 Å². The molecule has 1 aromatic heterocycles. The highest BCUT2D eigenvalue weighted by Gasteiger charge is 2.30. The third-order valence-electron chi connectivity index (χ3n) is 4.41. The topological polar surface area (TPSA) is 90.6 Å². The number of para-hydroxylation sites is 1. The van der Waals surface area contributed by atoms with Gasteiger partial charge in [0.15, 0.2) is 0 Å². The van der Waals surface area contributed by atoms with E-state index in [1.54, 1.807) is 18.1 Å². The van der Waals surface area contributed by atoms with E-state index in [1.807, 2.05) is 48.5 Å². The zero-order chi connectivity index (χ0) is 20.2. The molecule has 9 heteroatoms. The van der Waals surface area contributed by atoms with Gasteiger partial charge in [-0.05, 0) is 29.8 Å². The summed E-state index contributed by atoms with van der Waals surface area (Å²) < 4.78 is 6.97. The summed E-state index contributed by atoms with van der Waals surface area (Å²) in [5.41, 5.74) is 2.48. The maximum Gasteiger partial charge on any atom is 0.271 e. The normalized spacial score (nSPS) is 15.5. The van der Waals surface area contributed by atoms with E-state index in [2.05, 4.69) is 20.6 Å². The van der Waals surface area contributed by atoms with Crippen molar-refractivity contribution in [2.45, 2.75) is 19.1 Å². The Balaban J connectivity index is 1.36. The Labute approximate surface area is 172 Å². The minimum Gasteiger partial charge on any atom is -0.496 e. The molecule has 8 nitrogen and oxygen atoms in total. The van der Waals surface area contributed by atoms with Gasteiger partial charge in [-0.15, -0.1) is 5.10 Å². The molecule has 2 aromatic carbocycles. The second-order valence-corrected chi connectivity index (χ2v) is 6.85. The van der Waals surface area contributed by atoms with Gasteiger partial charge in [0.2, 0.25) is 12.1 Å². The van der Waals surface area contributed by atoms with Crippen molar-refractivity contribution in [3.63, 3.8) is 0 Å². The zero-order valence-corrected chi connectivity index (χ0v) is 16.3. The number of ether oxygens (including phenoxy) is 1. The van der Waals surface area contributed by atoms with Crippen LogP contribution in [0.15, 0.2) is 60.0 Å². The predicted octanol–water partition coefficient (Wildman–Crippen LogP) is 3.12. The fourth-order valence-electron chi connectivity index (χ4n) is 2.96. The first-order chi connectivity index (χ1) is 14.1. The van der Waals surface area contributed by atoms with E-state index in [0.29, 0.717) is 29.4 Å². The van der Waals surface area contributed by atoms with Gasteiger partial charge in [-0.1, -0.05) is 41.0 Å². The lowest BCUT2D eigenvalue weighted by Crippen LogP contribution is -2.28. The molecule has 4 rings (SSSR count). The van der Waals surface area contributed by atoms with Crippen molar-refractivity contribution in [1.82, 2.24) is 14.8 Å². The smallest absolute Gasteiger partial charge is 0.271 e. The molecule has 1 amide bonds. The number of halogens is 1. The van der Waals surface area contributed by atoms with Crippen LogP contribution in [0.5, 0.6) is 5.75 Å². The van der Waals surface area contributed by atoms with Crippen LogP contribution in [-0.4, -0.2) is 39.6 Å². The van der Waals surface area contributed by atoms with E-state index in [9.17, 15) is 4.79 Å². The van der Waals surface area contributed by atoms with Crippen LogP contribution in [0, 0.1) is 0 Å². The van der Waals surface area contributed by atoms with Crippen LogP contribution >= 0.6 is 11.6 Å². The number of rotatable bonds is 6. The monoisotopic (exact) mass is 411 g/mol. The number of aromatic nitrogens is 3. The van der Waals surface area contributed by atoms with Gasteiger partial charge in [0.1, 0.15) is 12.1 Å². The first kappa shape index (κ1) is 18.9. The molecule has 148 valence electrons. The molecule has 2 heterocycles. The number of anilines is 1. The first-order valence-electron chi connectivity index (χ1n) is 8.93. The third kappa shape index (κ3) is 4.38. The number of hydrogen-bond donors (Lipinski definition) is 1. The Morgan fingerprint density at radius 2 is 2.07 bits per heavy atom. The van der Waals surface area contributed by atoms with Gasteiger partial charge < -0.3 is 9.57 Å². The predicted molar refractivity (Wildman–Crippen MR) is 108 cm³/mol. The van der Waals surface area contributed by atoms with Crippen molar-refractivity contribution >= 4 is 29.2 Å². The van der Waals surface area contributed by atoms with E-state index in [1.165, 1.54) is 0 Å². The van der Waals surface area contributed by atoms with Crippen LogP contribution in [0.3, 0.4) is 0 Å². The van der Waals surface area contributed by atoms with Crippen LogP contribution in [0.2, 0.25) is 5.02 Å². The second kappa shape index (κ2) is 8.32. The summed E-state index contributed by atoms with van der Waals surface area (Å²) in [6.45, 7) is 0.515. The molecule has 1 aliphatic heterocycles. The van der Waals surface area contributed by atoms with Crippen molar-refractivity contribution in [3.8, 4) is 5.75 Å². The molecule has 3 aromatic rings. The minimum absolute atomic E-state index is 0.207. The lowest BCUT2D eigenvalue weighted by molar-refractivity contribution is -0.125. The minimum atomic E-state index is -0.752. The van der Waals surface area contributed by atoms with Crippen LogP contribution in [0.25, 0.3) is 0 Å². The number of amides is 1. The average molecular weight is 412 g/mol. The van der Waals surface area contributed by atoms with Crippen molar-refractivity contribution < 1.29 is 14.4 Å². The number of methoxy groups -OCH3 is 1. The Bertz CT molecular complexity index is 1050. The number of hydrogen-bond acceptors (Lipinski definition) is 6. The molecule has 1 unspecified atom stereocenters. The number of nitrogens with zero attached hydrogens (tertiary/aromatic N) is 4. The Morgan fingerprint density at radius 1 is 1.28 bits per heavy atom. The molecule has 0 saturated carbocycles. The standard InChI is InChI=1S/C20H18ClN5O3/c1-28-17-5-3-2-4-15(17)16-10-18(29-25-16)19(27)23-20-22-12-26(24-20)11-13-6-8-14(21)9-7-13/h2-9,12,18H,10-11H2,1H3,(H,23,24,27). The highest BCUT2D eigenvalue weighted by molar-refractivity contribution is 6.30. The van der Waals surface area contributed by atoms with Crippen molar-refractivity contribution in [1.29, 1.82) is 0 Å². The van der Waals surface area contributed by atoms with E-state index >= 15 is 0 Å². The molecule has 1 aliphatic rings. The molecule has 0 spiro atoms. The van der Waals surface area contributed by atoms with E-state index in [-0.39, 0.29) is 11.9 Å². The number of oxime groups is 1. The maximum absolute atomic E-state index is 12.5. The highest BCUT2D eigenvalue weighted by atomic mass is 35.5. The Hall–Kier alpha value is -3.39.